The zero-order valence-electron chi connectivity index (χ0n) is 8.30. The van der Waals surface area contributed by atoms with Crippen LogP contribution in [0.3, 0.4) is 0 Å². The van der Waals surface area contributed by atoms with Crippen molar-refractivity contribution in [3.05, 3.63) is 36.2 Å². The van der Waals surface area contributed by atoms with Crippen molar-refractivity contribution in [2.75, 3.05) is 6.54 Å². The van der Waals surface area contributed by atoms with E-state index in [2.05, 4.69) is 16.9 Å². The van der Waals surface area contributed by atoms with E-state index in [1.54, 1.807) is 6.20 Å². The van der Waals surface area contributed by atoms with Crippen LogP contribution in [0.5, 0.6) is 0 Å². The lowest BCUT2D eigenvalue weighted by molar-refractivity contribution is 0.811. The largest absolute Gasteiger partial charge is 0.385 e. The van der Waals surface area contributed by atoms with Gasteiger partial charge in [-0.1, -0.05) is 20.4 Å². The first-order valence-corrected chi connectivity index (χ1v) is 4.74. The van der Waals surface area contributed by atoms with Gasteiger partial charge in [-0.15, -0.1) is 0 Å². The Morgan fingerprint density at radius 2 is 2.23 bits per heavy atom. The Kier molecular flexibility index (Phi) is 3.50. The van der Waals surface area contributed by atoms with Gasteiger partial charge in [0.25, 0.3) is 0 Å². The van der Waals surface area contributed by atoms with E-state index in [1.165, 1.54) is 11.1 Å². The molecule has 0 amide bonds. The van der Waals surface area contributed by atoms with Crippen LogP contribution in [0.2, 0.25) is 0 Å². The van der Waals surface area contributed by atoms with E-state index in [0.29, 0.717) is 0 Å². The first-order chi connectivity index (χ1) is 6.38. The van der Waals surface area contributed by atoms with E-state index >= 15 is 0 Å². The van der Waals surface area contributed by atoms with Gasteiger partial charge in [-0.05, 0) is 18.1 Å². The van der Waals surface area contributed by atoms with Crippen LogP contribution in [0.1, 0.15) is 25.0 Å². The first-order valence-electron chi connectivity index (χ1n) is 4.74. The van der Waals surface area contributed by atoms with Gasteiger partial charge in [0, 0.05) is 30.2 Å². The van der Waals surface area contributed by atoms with E-state index < -0.39 is 0 Å². The van der Waals surface area contributed by atoms with Crippen molar-refractivity contribution in [2.24, 2.45) is 0 Å². The SMILES string of the molecule is C=C1NCCc2cnccc21.CC. The van der Waals surface area contributed by atoms with Crippen molar-refractivity contribution >= 4 is 5.70 Å². The molecule has 1 aromatic rings. The maximum atomic E-state index is 4.06. The van der Waals surface area contributed by atoms with Crippen molar-refractivity contribution in [3.63, 3.8) is 0 Å². The number of rotatable bonds is 0. The molecule has 2 rings (SSSR count). The Bertz CT molecular complexity index is 292. The molecule has 1 aliphatic heterocycles. The molecule has 13 heavy (non-hydrogen) atoms. The van der Waals surface area contributed by atoms with Crippen LogP contribution in [0.15, 0.2) is 25.0 Å². The summed E-state index contributed by atoms with van der Waals surface area (Å²) in [6.07, 6.45) is 4.78. The zero-order valence-corrected chi connectivity index (χ0v) is 8.30. The van der Waals surface area contributed by atoms with Gasteiger partial charge in [0.1, 0.15) is 0 Å². The standard InChI is InChI=1S/C9H10N2.C2H6/c1-7-9-3-4-10-6-8(9)2-5-11-7;1-2/h3-4,6,11H,1-2,5H2;1-2H3. The summed E-state index contributed by atoms with van der Waals surface area (Å²) >= 11 is 0. The maximum Gasteiger partial charge on any atom is 0.0344 e. The fourth-order valence-electron chi connectivity index (χ4n) is 1.36. The summed E-state index contributed by atoms with van der Waals surface area (Å²) in [7, 11) is 0. The predicted octanol–water partition coefficient (Wildman–Crippen LogP) is 2.22. The molecule has 0 radical (unpaired) electrons. The molecule has 2 nitrogen and oxygen atoms in total. The summed E-state index contributed by atoms with van der Waals surface area (Å²) in [6.45, 7) is 8.90. The molecule has 0 saturated carbocycles. The average molecular weight is 176 g/mol. The normalized spacial score (nSPS) is 13.5. The average Bonchev–Trinajstić information content (AvgIpc) is 2.22. The molecular formula is C11H16N2. The highest BCUT2D eigenvalue weighted by atomic mass is 14.9. The molecule has 1 N–H and O–H groups in total. The van der Waals surface area contributed by atoms with Crippen LogP contribution >= 0.6 is 0 Å². The number of hydrogen-bond acceptors (Lipinski definition) is 2. The highest BCUT2D eigenvalue weighted by molar-refractivity contribution is 5.65. The Hall–Kier alpha value is -1.31. The van der Waals surface area contributed by atoms with Gasteiger partial charge in [0.05, 0.1) is 0 Å². The highest BCUT2D eigenvalue weighted by Crippen LogP contribution is 2.18. The summed E-state index contributed by atoms with van der Waals surface area (Å²) in [5.74, 6) is 0. The second-order valence-electron chi connectivity index (χ2n) is 2.69. The Morgan fingerprint density at radius 1 is 1.46 bits per heavy atom. The molecule has 2 heterocycles. The van der Waals surface area contributed by atoms with Gasteiger partial charge < -0.3 is 5.32 Å². The molecule has 1 aromatic heterocycles. The minimum atomic E-state index is 0.984. The van der Waals surface area contributed by atoms with Gasteiger partial charge in [0.2, 0.25) is 0 Å². The molecule has 2 heteroatoms. The van der Waals surface area contributed by atoms with Crippen molar-refractivity contribution < 1.29 is 0 Å². The molecule has 0 saturated heterocycles. The summed E-state index contributed by atoms with van der Waals surface area (Å²) in [6, 6.07) is 2.00. The van der Waals surface area contributed by atoms with Crippen molar-refractivity contribution in [1.29, 1.82) is 0 Å². The van der Waals surface area contributed by atoms with E-state index in [-0.39, 0.29) is 0 Å². The number of hydrogen-bond donors (Lipinski definition) is 1. The summed E-state index contributed by atoms with van der Waals surface area (Å²) < 4.78 is 0. The lowest BCUT2D eigenvalue weighted by Gasteiger charge is -2.18. The Labute approximate surface area is 79.7 Å². The van der Waals surface area contributed by atoms with E-state index in [9.17, 15) is 0 Å². The number of nitrogens with one attached hydrogen (secondary N) is 1. The van der Waals surface area contributed by atoms with Crippen LogP contribution < -0.4 is 5.32 Å². The number of nitrogens with zero attached hydrogens (tertiary/aromatic N) is 1. The summed E-state index contributed by atoms with van der Waals surface area (Å²) in [4.78, 5) is 4.06. The molecule has 0 unspecified atom stereocenters. The molecule has 0 aliphatic carbocycles. The fraction of sp³-hybridized carbons (Fsp3) is 0.364. The molecule has 1 aliphatic rings. The molecule has 70 valence electrons. The quantitative estimate of drug-likeness (QED) is 0.655. The minimum Gasteiger partial charge on any atom is -0.385 e. The molecular weight excluding hydrogens is 160 g/mol. The van der Waals surface area contributed by atoms with Gasteiger partial charge in [-0.25, -0.2) is 0 Å². The second kappa shape index (κ2) is 4.65. The van der Waals surface area contributed by atoms with Crippen molar-refractivity contribution in [3.8, 4) is 0 Å². The number of pyridine rings is 1. The smallest absolute Gasteiger partial charge is 0.0344 e. The topological polar surface area (TPSA) is 24.9 Å². The molecule has 0 bridgehead atoms. The zero-order chi connectivity index (χ0) is 9.68. The molecule has 0 atom stereocenters. The van der Waals surface area contributed by atoms with E-state index in [4.69, 9.17) is 0 Å². The van der Waals surface area contributed by atoms with Crippen LogP contribution in [0.25, 0.3) is 5.70 Å². The molecule has 0 aromatic carbocycles. The van der Waals surface area contributed by atoms with Gasteiger partial charge >= 0.3 is 0 Å². The predicted molar refractivity (Wildman–Crippen MR) is 56.3 cm³/mol. The lowest BCUT2D eigenvalue weighted by Crippen LogP contribution is -2.21. The molecule has 0 fully saturated rings. The van der Waals surface area contributed by atoms with Gasteiger partial charge in [-0.2, -0.15) is 0 Å². The third-order valence-corrected chi connectivity index (χ3v) is 1.96. The van der Waals surface area contributed by atoms with Crippen molar-refractivity contribution in [1.82, 2.24) is 10.3 Å². The minimum absolute atomic E-state index is 0.984. The van der Waals surface area contributed by atoms with E-state index in [1.807, 2.05) is 26.1 Å². The lowest BCUT2D eigenvalue weighted by atomic mass is 10.0. The third-order valence-electron chi connectivity index (χ3n) is 1.96. The monoisotopic (exact) mass is 176 g/mol. The van der Waals surface area contributed by atoms with Gasteiger partial charge in [0.15, 0.2) is 0 Å². The second-order valence-corrected chi connectivity index (χ2v) is 2.69. The van der Waals surface area contributed by atoms with Gasteiger partial charge in [-0.3, -0.25) is 4.98 Å². The first kappa shape index (κ1) is 9.78. The maximum absolute atomic E-state index is 4.06. The fourth-order valence-corrected chi connectivity index (χ4v) is 1.36. The van der Waals surface area contributed by atoms with Crippen LogP contribution in [0.4, 0.5) is 0 Å². The third kappa shape index (κ3) is 2.08. The Morgan fingerprint density at radius 3 is 2.92 bits per heavy atom. The Balaban J connectivity index is 0.000000396. The van der Waals surface area contributed by atoms with E-state index in [0.717, 1.165) is 18.7 Å². The highest BCUT2D eigenvalue weighted by Gasteiger charge is 2.09. The van der Waals surface area contributed by atoms with Crippen LogP contribution in [-0.4, -0.2) is 11.5 Å². The van der Waals surface area contributed by atoms with Crippen LogP contribution in [0, 0.1) is 0 Å². The summed E-state index contributed by atoms with van der Waals surface area (Å²) in [5, 5.41) is 3.22. The van der Waals surface area contributed by atoms with Crippen LogP contribution in [-0.2, 0) is 6.42 Å². The number of fused-ring (bicyclic) bond motifs is 1. The van der Waals surface area contributed by atoms with Crippen molar-refractivity contribution in [2.45, 2.75) is 20.3 Å². The number of aromatic nitrogens is 1. The molecule has 0 spiro atoms. The summed E-state index contributed by atoms with van der Waals surface area (Å²) in [5.41, 5.74) is 3.54.